The van der Waals surface area contributed by atoms with Crippen LogP contribution in [0.3, 0.4) is 0 Å². The third kappa shape index (κ3) is 1.43. The maximum atomic E-state index is 10.9. The van der Waals surface area contributed by atoms with E-state index in [1.807, 2.05) is 6.07 Å². The topological polar surface area (TPSA) is 86.0 Å². The van der Waals surface area contributed by atoms with E-state index in [1.54, 1.807) is 24.4 Å². The van der Waals surface area contributed by atoms with E-state index in [0.717, 1.165) is 10.9 Å². The van der Waals surface area contributed by atoms with Crippen LogP contribution in [-0.4, -0.2) is 33.5 Å². The first-order chi connectivity index (χ1) is 8.68. The zero-order valence-corrected chi connectivity index (χ0v) is 9.19. The molecule has 1 aromatic carbocycles. The molecule has 18 heavy (non-hydrogen) atoms. The van der Waals surface area contributed by atoms with Crippen molar-refractivity contribution in [3.05, 3.63) is 30.5 Å². The molecule has 0 radical (unpaired) electrons. The van der Waals surface area contributed by atoms with Gasteiger partial charge in [-0.25, -0.2) is 9.86 Å². The van der Waals surface area contributed by atoms with Gasteiger partial charge in [-0.1, -0.05) is 0 Å². The van der Waals surface area contributed by atoms with Gasteiger partial charge in [0.2, 0.25) is 0 Å². The largest absolute Gasteiger partial charge is 0.479 e. The Morgan fingerprint density at radius 1 is 1.33 bits per heavy atom. The summed E-state index contributed by atoms with van der Waals surface area (Å²) in [5.74, 6) is -1.15. The van der Waals surface area contributed by atoms with Crippen molar-refractivity contribution < 1.29 is 15.1 Å². The van der Waals surface area contributed by atoms with Gasteiger partial charge in [0.15, 0.2) is 6.04 Å². The Bertz CT molecular complexity index is 669. The van der Waals surface area contributed by atoms with E-state index in [0.29, 0.717) is 16.4 Å². The number of nitrogens with zero attached hydrogens (tertiary/aromatic N) is 3. The normalized spacial score (nSPS) is 17.8. The Hall–Kier alpha value is -2.47. The van der Waals surface area contributed by atoms with Crippen molar-refractivity contribution in [2.24, 2.45) is 4.99 Å². The first-order valence-corrected chi connectivity index (χ1v) is 5.31. The highest BCUT2D eigenvalue weighted by Crippen LogP contribution is 2.37. The number of aliphatic carboxylic acids is 1. The second kappa shape index (κ2) is 3.78. The monoisotopic (exact) mass is 243 g/mol. The predicted molar refractivity (Wildman–Crippen MR) is 65.6 cm³/mol. The fourth-order valence-corrected chi connectivity index (χ4v) is 1.97. The highest BCUT2D eigenvalue weighted by atomic mass is 16.5. The predicted octanol–water partition coefficient (Wildman–Crippen LogP) is 1.60. The Morgan fingerprint density at radius 3 is 2.94 bits per heavy atom. The van der Waals surface area contributed by atoms with Crippen molar-refractivity contribution in [2.45, 2.75) is 6.04 Å². The molecule has 90 valence electrons. The highest BCUT2D eigenvalue weighted by molar-refractivity contribution is 6.06. The van der Waals surface area contributed by atoms with E-state index < -0.39 is 12.0 Å². The molecule has 6 heteroatoms. The molecule has 1 atom stereocenters. The number of carboxylic acid groups (broad SMARTS) is 1. The third-order valence-electron chi connectivity index (χ3n) is 2.84. The molecule has 1 unspecified atom stereocenters. The zero-order valence-electron chi connectivity index (χ0n) is 9.19. The van der Waals surface area contributed by atoms with E-state index in [4.69, 9.17) is 5.11 Å². The van der Waals surface area contributed by atoms with Gasteiger partial charge in [-0.2, -0.15) is 0 Å². The quantitative estimate of drug-likeness (QED) is 0.794. The molecule has 0 aliphatic carbocycles. The van der Waals surface area contributed by atoms with Gasteiger partial charge in [-0.15, -0.1) is 0 Å². The average molecular weight is 243 g/mol. The molecule has 2 heterocycles. The average Bonchev–Trinajstić information content (AvgIpc) is 2.38. The fraction of sp³-hybridized carbons (Fsp3) is 0.0833. The van der Waals surface area contributed by atoms with Crippen LogP contribution in [-0.2, 0) is 4.79 Å². The maximum Gasteiger partial charge on any atom is 0.334 e. The summed E-state index contributed by atoms with van der Waals surface area (Å²) >= 11 is 0. The van der Waals surface area contributed by atoms with Crippen molar-refractivity contribution >= 4 is 34.5 Å². The van der Waals surface area contributed by atoms with Gasteiger partial charge in [-0.3, -0.25) is 15.2 Å². The van der Waals surface area contributed by atoms with Crippen LogP contribution in [0.25, 0.3) is 10.9 Å². The minimum absolute atomic E-state index is 0.366. The second-order valence-corrected chi connectivity index (χ2v) is 3.91. The van der Waals surface area contributed by atoms with Crippen LogP contribution in [0, 0.1) is 0 Å². The summed E-state index contributed by atoms with van der Waals surface area (Å²) in [4.78, 5) is 19.2. The summed E-state index contributed by atoms with van der Waals surface area (Å²) in [5, 5.41) is 20.3. The van der Waals surface area contributed by atoms with Crippen LogP contribution in [0.5, 0.6) is 0 Å². The molecule has 1 aromatic heterocycles. The summed E-state index contributed by atoms with van der Waals surface area (Å²) in [6.07, 6.45) is 2.87. The number of carbonyl (C=O) groups is 1. The Kier molecular flexibility index (Phi) is 2.24. The molecule has 2 aromatic rings. The number of hydrogen-bond donors (Lipinski definition) is 2. The molecular formula is C12H9N3O3. The van der Waals surface area contributed by atoms with E-state index in [9.17, 15) is 10.0 Å². The smallest absolute Gasteiger partial charge is 0.334 e. The minimum atomic E-state index is -1.16. The molecule has 1 aliphatic heterocycles. The molecule has 0 saturated carbocycles. The molecule has 2 N–H and O–H groups in total. The van der Waals surface area contributed by atoms with Gasteiger partial charge in [0.1, 0.15) is 0 Å². The van der Waals surface area contributed by atoms with Crippen molar-refractivity contribution in [3.8, 4) is 0 Å². The first-order valence-electron chi connectivity index (χ1n) is 5.31. The lowest BCUT2D eigenvalue weighted by Gasteiger charge is -2.26. The lowest BCUT2D eigenvalue weighted by Crippen LogP contribution is -2.41. The van der Waals surface area contributed by atoms with Gasteiger partial charge in [0.05, 0.1) is 16.9 Å². The van der Waals surface area contributed by atoms with E-state index in [2.05, 4.69) is 9.98 Å². The third-order valence-corrected chi connectivity index (χ3v) is 2.84. The number of hydroxylamine groups is 1. The maximum absolute atomic E-state index is 10.9. The summed E-state index contributed by atoms with van der Waals surface area (Å²) in [6, 6.07) is 5.76. The lowest BCUT2D eigenvalue weighted by molar-refractivity contribution is -0.138. The number of carboxylic acids is 1. The van der Waals surface area contributed by atoms with E-state index in [-0.39, 0.29) is 0 Å². The van der Waals surface area contributed by atoms with Crippen LogP contribution in [0.4, 0.5) is 11.4 Å². The van der Waals surface area contributed by atoms with Gasteiger partial charge < -0.3 is 5.11 Å². The number of rotatable bonds is 1. The second-order valence-electron chi connectivity index (χ2n) is 3.91. The molecule has 0 fully saturated rings. The van der Waals surface area contributed by atoms with Gasteiger partial charge in [0.25, 0.3) is 0 Å². The van der Waals surface area contributed by atoms with E-state index >= 15 is 0 Å². The van der Waals surface area contributed by atoms with Crippen molar-refractivity contribution in [2.75, 3.05) is 5.06 Å². The number of hydrogen-bond acceptors (Lipinski definition) is 5. The molecule has 6 nitrogen and oxygen atoms in total. The molecule has 0 saturated heterocycles. The minimum Gasteiger partial charge on any atom is -0.479 e. The van der Waals surface area contributed by atoms with Gasteiger partial charge >= 0.3 is 5.97 Å². The molecule has 0 spiro atoms. The first kappa shape index (κ1) is 10.7. The van der Waals surface area contributed by atoms with Crippen LogP contribution < -0.4 is 5.06 Å². The number of anilines is 1. The number of pyridine rings is 1. The number of benzene rings is 1. The SMILES string of the molecule is O=C(O)C1C=Nc2c(ccc3ncccc23)N1O. The van der Waals surface area contributed by atoms with Crippen molar-refractivity contribution in [1.82, 2.24) is 4.98 Å². The van der Waals surface area contributed by atoms with Gasteiger partial charge in [0, 0.05) is 17.8 Å². The van der Waals surface area contributed by atoms with Gasteiger partial charge in [-0.05, 0) is 24.3 Å². The summed E-state index contributed by atoms with van der Waals surface area (Å²) in [5.41, 5.74) is 1.64. The zero-order chi connectivity index (χ0) is 12.7. The molecule has 0 bridgehead atoms. The summed E-state index contributed by atoms with van der Waals surface area (Å²) in [7, 11) is 0. The summed E-state index contributed by atoms with van der Waals surface area (Å²) < 4.78 is 0. The van der Waals surface area contributed by atoms with E-state index in [1.165, 1.54) is 6.21 Å². The van der Waals surface area contributed by atoms with Crippen LogP contribution in [0.1, 0.15) is 0 Å². The number of aliphatic imine (C=N–C) groups is 1. The lowest BCUT2D eigenvalue weighted by atomic mass is 10.1. The van der Waals surface area contributed by atoms with Crippen LogP contribution in [0.15, 0.2) is 35.5 Å². The molecule has 1 aliphatic rings. The Balaban J connectivity index is 2.24. The van der Waals surface area contributed by atoms with Crippen molar-refractivity contribution in [3.63, 3.8) is 0 Å². The Morgan fingerprint density at radius 2 is 2.17 bits per heavy atom. The summed E-state index contributed by atoms with van der Waals surface area (Å²) in [6.45, 7) is 0. The molecular weight excluding hydrogens is 234 g/mol. The van der Waals surface area contributed by atoms with Crippen LogP contribution in [0.2, 0.25) is 0 Å². The van der Waals surface area contributed by atoms with Crippen LogP contribution >= 0.6 is 0 Å². The highest BCUT2D eigenvalue weighted by Gasteiger charge is 2.29. The molecule has 0 amide bonds. The standard InChI is InChI=1S/C12H9N3O3/c16-12(17)10-6-14-11-7-2-1-5-13-8(7)3-4-9(11)15(10)18/h1-6,10,18H,(H,16,17). The Labute approximate surface area is 102 Å². The molecule has 3 rings (SSSR count). The van der Waals surface area contributed by atoms with Crippen molar-refractivity contribution in [1.29, 1.82) is 0 Å². The number of aromatic nitrogens is 1. The number of fused-ring (bicyclic) bond motifs is 3. The fourth-order valence-electron chi connectivity index (χ4n) is 1.97.